The van der Waals surface area contributed by atoms with Crippen molar-refractivity contribution in [3.8, 4) is 0 Å². The van der Waals surface area contributed by atoms with E-state index in [0.717, 1.165) is 0 Å². The summed E-state index contributed by atoms with van der Waals surface area (Å²) in [6.07, 6.45) is 0.321. The molecule has 0 fully saturated rings. The van der Waals surface area contributed by atoms with Crippen molar-refractivity contribution >= 4 is 18.7 Å². The predicted octanol–water partition coefficient (Wildman–Crippen LogP) is 0.0171. The van der Waals surface area contributed by atoms with Gasteiger partial charge in [-0.05, 0) is 0 Å². The van der Waals surface area contributed by atoms with Crippen LogP contribution in [0.3, 0.4) is 0 Å². The molecule has 0 aliphatic rings. The van der Waals surface area contributed by atoms with Crippen LogP contribution >= 0.6 is 12.8 Å². The molecule has 0 spiro atoms. The molecule has 0 aromatic rings. The molecule has 0 aliphatic carbocycles. The van der Waals surface area contributed by atoms with Crippen LogP contribution < -0.4 is 4.72 Å². The molecule has 1 N–H and O–H groups in total. The Bertz CT molecular complexity index is 145. The lowest BCUT2D eigenvalue weighted by Gasteiger charge is -2.04. The molecule has 84 valence electrons. The van der Waals surface area contributed by atoms with E-state index in [4.69, 9.17) is 14.2 Å². The summed E-state index contributed by atoms with van der Waals surface area (Å²) in [6.45, 7) is 2.55. The average molecular weight is 223 g/mol. The first-order valence-corrected chi connectivity index (χ1v) is 4.83. The smallest absolute Gasteiger partial charge is 0.231 e. The first-order valence-electron chi connectivity index (χ1n) is 4.38. The summed E-state index contributed by atoms with van der Waals surface area (Å²) < 4.78 is 17.3. The third kappa shape index (κ3) is 9.79. The first-order chi connectivity index (χ1) is 6.81. The van der Waals surface area contributed by atoms with Crippen molar-refractivity contribution in [2.24, 2.45) is 0 Å². The number of hydrogen-bond donors (Lipinski definition) is 2. The van der Waals surface area contributed by atoms with E-state index in [-0.39, 0.29) is 5.91 Å². The minimum Gasteiger partial charge on any atom is -0.382 e. The van der Waals surface area contributed by atoms with Crippen molar-refractivity contribution in [3.63, 3.8) is 0 Å². The number of carbonyl (C=O) groups excluding carboxylic acids is 1. The Labute approximate surface area is 89.6 Å². The first kappa shape index (κ1) is 13.7. The second kappa shape index (κ2) is 10.8. The lowest BCUT2D eigenvalue weighted by atomic mass is 10.4. The van der Waals surface area contributed by atoms with Crippen molar-refractivity contribution in [3.05, 3.63) is 0 Å². The van der Waals surface area contributed by atoms with Gasteiger partial charge in [-0.15, -0.1) is 0 Å². The van der Waals surface area contributed by atoms with E-state index in [2.05, 4.69) is 17.5 Å². The van der Waals surface area contributed by atoms with Gasteiger partial charge in [-0.3, -0.25) is 4.79 Å². The van der Waals surface area contributed by atoms with Crippen LogP contribution in [0.1, 0.15) is 6.42 Å². The molecule has 0 rings (SSSR count). The maximum Gasteiger partial charge on any atom is 0.231 e. The molecule has 0 unspecified atom stereocenters. The van der Waals surface area contributed by atoms with E-state index in [9.17, 15) is 4.79 Å². The topological polar surface area (TPSA) is 56.8 Å². The van der Waals surface area contributed by atoms with Gasteiger partial charge in [0.2, 0.25) is 5.91 Å². The minimum absolute atomic E-state index is 0.145. The van der Waals surface area contributed by atoms with Gasteiger partial charge in [0.15, 0.2) is 0 Å². The van der Waals surface area contributed by atoms with Gasteiger partial charge in [-0.25, -0.2) is 0 Å². The number of hydrogen-bond acceptors (Lipinski definition) is 5. The van der Waals surface area contributed by atoms with Crippen molar-refractivity contribution < 1.29 is 19.0 Å². The van der Waals surface area contributed by atoms with Crippen LogP contribution in [0.25, 0.3) is 0 Å². The molecule has 0 heterocycles. The number of rotatable bonds is 9. The lowest BCUT2D eigenvalue weighted by molar-refractivity contribution is -0.120. The monoisotopic (exact) mass is 223 g/mol. The van der Waals surface area contributed by atoms with Crippen molar-refractivity contribution in [1.82, 2.24) is 4.72 Å². The van der Waals surface area contributed by atoms with Gasteiger partial charge in [0, 0.05) is 7.11 Å². The molecule has 0 aromatic heterocycles. The number of nitrogens with one attached hydrogen (secondary N) is 1. The van der Waals surface area contributed by atoms with Crippen LogP contribution in [0, 0.1) is 0 Å². The van der Waals surface area contributed by atoms with Gasteiger partial charge >= 0.3 is 0 Å². The van der Waals surface area contributed by atoms with Crippen molar-refractivity contribution in [2.75, 3.05) is 40.1 Å². The zero-order valence-corrected chi connectivity index (χ0v) is 9.22. The van der Waals surface area contributed by atoms with Gasteiger partial charge < -0.3 is 18.9 Å². The standard InChI is InChI=1S/C8H17NO4S/c1-11-4-5-13-7-6-12-3-2-8(10)9-14/h14H,2-7H2,1H3,(H,9,10). The summed E-state index contributed by atoms with van der Waals surface area (Å²) in [5.41, 5.74) is 0. The van der Waals surface area contributed by atoms with Crippen molar-refractivity contribution in [1.29, 1.82) is 0 Å². The highest BCUT2D eigenvalue weighted by molar-refractivity contribution is 7.78. The van der Waals surface area contributed by atoms with Crippen LogP contribution in [0.2, 0.25) is 0 Å². The van der Waals surface area contributed by atoms with Crippen LogP contribution in [0.15, 0.2) is 0 Å². The van der Waals surface area contributed by atoms with E-state index in [1.807, 2.05) is 0 Å². The largest absolute Gasteiger partial charge is 0.382 e. The number of thiol groups is 1. The molecule has 0 saturated carbocycles. The number of carbonyl (C=O) groups is 1. The molecule has 0 bridgehead atoms. The lowest BCUT2D eigenvalue weighted by Crippen LogP contribution is -2.16. The number of methoxy groups -OCH3 is 1. The number of ether oxygens (including phenoxy) is 3. The molecular weight excluding hydrogens is 206 g/mol. The van der Waals surface area contributed by atoms with Crippen LogP contribution in [-0.4, -0.2) is 46.1 Å². The molecule has 0 aliphatic heterocycles. The summed E-state index contributed by atoms with van der Waals surface area (Å²) in [4.78, 5) is 10.7. The quantitative estimate of drug-likeness (QED) is 0.427. The predicted molar refractivity (Wildman–Crippen MR) is 55.3 cm³/mol. The second-order valence-corrected chi connectivity index (χ2v) is 2.73. The fourth-order valence-corrected chi connectivity index (χ4v) is 0.797. The highest BCUT2D eigenvalue weighted by Crippen LogP contribution is 1.85. The highest BCUT2D eigenvalue weighted by Gasteiger charge is 1.97. The SMILES string of the molecule is COCCOCCOCCC(=O)NS. The highest BCUT2D eigenvalue weighted by atomic mass is 32.1. The van der Waals surface area contributed by atoms with E-state index in [0.29, 0.717) is 39.5 Å². The fraction of sp³-hybridized carbons (Fsp3) is 0.875. The summed E-state index contributed by atoms with van der Waals surface area (Å²) >= 11 is 3.60. The Kier molecular flexibility index (Phi) is 10.5. The maximum absolute atomic E-state index is 10.7. The Morgan fingerprint density at radius 2 is 1.71 bits per heavy atom. The van der Waals surface area contributed by atoms with E-state index < -0.39 is 0 Å². The molecule has 0 saturated heterocycles. The zero-order chi connectivity index (χ0) is 10.6. The third-order valence-corrected chi connectivity index (χ3v) is 1.65. The fourth-order valence-electron chi connectivity index (χ4n) is 0.685. The average Bonchev–Trinajstić information content (AvgIpc) is 2.21. The molecule has 14 heavy (non-hydrogen) atoms. The van der Waals surface area contributed by atoms with Gasteiger partial charge in [0.05, 0.1) is 39.5 Å². The van der Waals surface area contributed by atoms with Crippen molar-refractivity contribution in [2.45, 2.75) is 6.42 Å². The summed E-state index contributed by atoms with van der Waals surface area (Å²) in [7, 11) is 1.62. The van der Waals surface area contributed by atoms with Crippen LogP contribution in [0.5, 0.6) is 0 Å². The molecule has 1 amide bonds. The van der Waals surface area contributed by atoms with E-state index in [1.165, 1.54) is 0 Å². The summed E-state index contributed by atoms with van der Waals surface area (Å²) in [5.74, 6) is -0.145. The number of amides is 1. The molecule has 0 radical (unpaired) electrons. The van der Waals surface area contributed by atoms with E-state index >= 15 is 0 Å². The summed E-state index contributed by atoms with van der Waals surface area (Å²) in [6, 6.07) is 0. The third-order valence-electron chi connectivity index (χ3n) is 1.40. The van der Waals surface area contributed by atoms with Gasteiger partial charge in [-0.2, -0.15) is 0 Å². The van der Waals surface area contributed by atoms with Crippen LogP contribution in [0.4, 0.5) is 0 Å². The van der Waals surface area contributed by atoms with Gasteiger partial charge in [0.1, 0.15) is 0 Å². The second-order valence-electron chi connectivity index (χ2n) is 2.50. The zero-order valence-electron chi connectivity index (χ0n) is 8.32. The molecule has 6 heteroatoms. The van der Waals surface area contributed by atoms with Gasteiger partial charge in [-0.1, -0.05) is 12.8 Å². The van der Waals surface area contributed by atoms with Gasteiger partial charge in [0.25, 0.3) is 0 Å². The Morgan fingerprint density at radius 3 is 2.29 bits per heavy atom. The Morgan fingerprint density at radius 1 is 1.14 bits per heavy atom. The Balaban J connectivity index is 2.95. The maximum atomic E-state index is 10.7. The molecule has 0 aromatic carbocycles. The molecular formula is C8H17NO4S. The summed E-state index contributed by atoms with van der Waals surface area (Å²) in [5, 5.41) is 0. The normalized spacial score (nSPS) is 10.1. The van der Waals surface area contributed by atoms with E-state index in [1.54, 1.807) is 7.11 Å². The van der Waals surface area contributed by atoms with Crippen LogP contribution in [-0.2, 0) is 19.0 Å². The molecule has 5 nitrogen and oxygen atoms in total. The minimum atomic E-state index is -0.145. The Hall–Kier alpha value is -0.300. The molecule has 0 atom stereocenters.